The Hall–Kier alpha value is -1.61. The molecular formula is C18H26N2O. The third-order valence-corrected chi connectivity index (χ3v) is 3.50. The second-order valence-electron chi connectivity index (χ2n) is 6.14. The molecule has 0 spiro atoms. The third kappa shape index (κ3) is 4.71. The van der Waals surface area contributed by atoms with Crippen molar-refractivity contribution in [3.63, 3.8) is 0 Å². The van der Waals surface area contributed by atoms with Gasteiger partial charge in [-0.1, -0.05) is 37.6 Å². The first-order valence-electron chi connectivity index (χ1n) is 7.79. The Morgan fingerprint density at radius 2 is 2.05 bits per heavy atom. The van der Waals surface area contributed by atoms with Crippen molar-refractivity contribution in [1.82, 2.24) is 10.3 Å². The van der Waals surface area contributed by atoms with E-state index in [0.717, 1.165) is 43.1 Å². The van der Waals surface area contributed by atoms with Gasteiger partial charge in [0.15, 0.2) is 11.7 Å². The molecule has 0 fully saturated rings. The van der Waals surface area contributed by atoms with Crippen molar-refractivity contribution < 1.29 is 4.42 Å². The van der Waals surface area contributed by atoms with Crippen LogP contribution in [-0.4, -0.2) is 18.1 Å². The van der Waals surface area contributed by atoms with Gasteiger partial charge in [0.1, 0.15) is 0 Å². The lowest BCUT2D eigenvalue weighted by Crippen LogP contribution is -2.21. The Balaban J connectivity index is 1.89. The lowest BCUT2D eigenvalue weighted by atomic mass is 10.0. The molecule has 3 heteroatoms. The lowest BCUT2D eigenvalue weighted by molar-refractivity contribution is 0.483. The maximum absolute atomic E-state index is 5.88. The summed E-state index contributed by atoms with van der Waals surface area (Å²) in [6.07, 6.45) is 3.78. The number of aromatic nitrogens is 1. The van der Waals surface area contributed by atoms with Crippen LogP contribution >= 0.6 is 0 Å². The minimum atomic E-state index is 0.697. The average molecular weight is 286 g/mol. The lowest BCUT2D eigenvalue weighted by Gasteiger charge is -2.06. The zero-order valence-electron chi connectivity index (χ0n) is 13.6. The van der Waals surface area contributed by atoms with Crippen LogP contribution in [0.1, 0.15) is 37.3 Å². The van der Waals surface area contributed by atoms with E-state index in [-0.39, 0.29) is 0 Å². The molecule has 0 saturated carbocycles. The van der Waals surface area contributed by atoms with Gasteiger partial charge in [0.2, 0.25) is 0 Å². The van der Waals surface area contributed by atoms with Gasteiger partial charge in [-0.2, -0.15) is 0 Å². The zero-order chi connectivity index (χ0) is 15.2. The van der Waals surface area contributed by atoms with Gasteiger partial charge in [-0.15, -0.1) is 0 Å². The topological polar surface area (TPSA) is 38.1 Å². The quantitative estimate of drug-likeness (QED) is 0.777. The third-order valence-electron chi connectivity index (χ3n) is 3.50. The summed E-state index contributed by atoms with van der Waals surface area (Å²) in [6, 6.07) is 6.40. The van der Waals surface area contributed by atoms with E-state index in [1.54, 1.807) is 0 Å². The van der Waals surface area contributed by atoms with Gasteiger partial charge < -0.3 is 9.73 Å². The van der Waals surface area contributed by atoms with Crippen molar-refractivity contribution >= 4 is 0 Å². The van der Waals surface area contributed by atoms with Crippen LogP contribution in [0.5, 0.6) is 0 Å². The molecule has 1 aromatic heterocycles. The van der Waals surface area contributed by atoms with Crippen molar-refractivity contribution in [2.24, 2.45) is 5.92 Å². The van der Waals surface area contributed by atoms with Crippen molar-refractivity contribution in [3.05, 3.63) is 41.4 Å². The molecule has 0 unspecified atom stereocenters. The van der Waals surface area contributed by atoms with E-state index in [4.69, 9.17) is 4.42 Å². The molecule has 2 rings (SSSR count). The molecule has 1 N–H and O–H groups in total. The molecule has 0 bridgehead atoms. The van der Waals surface area contributed by atoms with Gasteiger partial charge in [-0.05, 0) is 44.8 Å². The Labute approximate surface area is 127 Å². The minimum Gasteiger partial charge on any atom is -0.441 e. The molecule has 114 valence electrons. The first-order chi connectivity index (χ1) is 10.1. The molecule has 0 atom stereocenters. The van der Waals surface area contributed by atoms with Gasteiger partial charge >= 0.3 is 0 Å². The van der Waals surface area contributed by atoms with Crippen molar-refractivity contribution in [3.8, 4) is 11.3 Å². The van der Waals surface area contributed by atoms with E-state index in [2.05, 4.69) is 56.2 Å². The van der Waals surface area contributed by atoms with Crippen LogP contribution in [0.3, 0.4) is 0 Å². The van der Waals surface area contributed by atoms with Crippen molar-refractivity contribution in [2.45, 2.75) is 40.5 Å². The zero-order valence-corrected chi connectivity index (χ0v) is 13.6. The van der Waals surface area contributed by atoms with E-state index >= 15 is 0 Å². The smallest absolute Gasteiger partial charge is 0.194 e. The predicted octanol–water partition coefficient (Wildman–Crippen LogP) is 4.14. The highest BCUT2D eigenvalue weighted by molar-refractivity contribution is 5.61. The number of nitrogens with zero attached hydrogens (tertiary/aromatic N) is 1. The van der Waals surface area contributed by atoms with E-state index in [9.17, 15) is 0 Å². The molecule has 2 aromatic rings. The summed E-state index contributed by atoms with van der Waals surface area (Å²) in [7, 11) is 0. The largest absolute Gasteiger partial charge is 0.441 e. The molecule has 0 radical (unpaired) electrons. The van der Waals surface area contributed by atoms with Gasteiger partial charge in [0.25, 0.3) is 0 Å². The molecule has 0 aliphatic rings. The highest BCUT2D eigenvalue weighted by Crippen LogP contribution is 2.25. The fourth-order valence-corrected chi connectivity index (χ4v) is 2.40. The van der Waals surface area contributed by atoms with Crippen LogP contribution in [0.2, 0.25) is 0 Å². The van der Waals surface area contributed by atoms with Crippen LogP contribution in [0.4, 0.5) is 0 Å². The fourth-order valence-electron chi connectivity index (χ4n) is 2.40. The summed E-state index contributed by atoms with van der Waals surface area (Å²) in [5.41, 5.74) is 3.64. The summed E-state index contributed by atoms with van der Waals surface area (Å²) < 4.78 is 5.88. The van der Waals surface area contributed by atoms with Gasteiger partial charge in [-0.25, -0.2) is 4.98 Å². The molecule has 0 saturated heterocycles. The summed E-state index contributed by atoms with van der Waals surface area (Å²) in [4.78, 5) is 4.39. The minimum absolute atomic E-state index is 0.697. The van der Waals surface area contributed by atoms with Gasteiger partial charge in [-0.3, -0.25) is 0 Å². The summed E-state index contributed by atoms with van der Waals surface area (Å²) in [6.45, 7) is 10.7. The van der Waals surface area contributed by atoms with Crippen LogP contribution in [0.15, 0.2) is 28.8 Å². The second kappa shape index (κ2) is 7.41. The molecule has 1 aromatic carbocycles. The van der Waals surface area contributed by atoms with E-state index in [1.165, 1.54) is 11.1 Å². The molecule has 0 amide bonds. The van der Waals surface area contributed by atoms with Crippen molar-refractivity contribution in [1.29, 1.82) is 0 Å². The number of oxazole rings is 1. The van der Waals surface area contributed by atoms with Crippen LogP contribution in [0.25, 0.3) is 11.3 Å². The Morgan fingerprint density at radius 1 is 1.24 bits per heavy atom. The van der Waals surface area contributed by atoms with Crippen LogP contribution in [-0.2, 0) is 6.42 Å². The average Bonchev–Trinajstić information content (AvgIpc) is 2.86. The Kier molecular flexibility index (Phi) is 5.57. The SMILES string of the molecule is Cc1ccc(-c2cnc(CCCNCC(C)C)o2)c(C)c1. The summed E-state index contributed by atoms with van der Waals surface area (Å²) >= 11 is 0. The first-order valence-corrected chi connectivity index (χ1v) is 7.79. The highest BCUT2D eigenvalue weighted by Gasteiger charge is 2.08. The van der Waals surface area contributed by atoms with E-state index < -0.39 is 0 Å². The Bertz CT molecular complexity index is 572. The number of rotatable bonds is 7. The molecule has 0 aliphatic carbocycles. The van der Waals surface area contributed by atoms with Crippen LogP contribution in [0, 0.1) is 19.8 Å². The van der Waals surface area contributed by atoms with Crippen molar-refractivity contribution in [2.75, 3.05) is 13.1 Å². The van der Waals surface area contributed by atoms with Crippen LogP contribution < -0.4 is 5.32 Å². The van der Waals surface area contributed by atoms with E-state index in [1.807, 2.05) is 6.20 Å². The summed E-state index contributed by atoms with van der Waals surface area (Å²) in [5.74, 6) is 2.40. The number of aryl methyl sites for hydroxylation is 3. The second-order valence-corrected chi connectivity index (χ2v) is 6.14. The molecule has 1 heterocycles. The Morgan fingerprint density at radius 3 is 2.76 bits per heavy atom. The monoisotopic (exact) mass is 286 g/mol. The predicted molar refractivity (Wildman–Crippen MR) is 87.4 cm³/mol. The number of benzene rings is 1. The number of hydrogen-bond donors (Lipinski definition) is 1. The molecular weight excluding hydrogens is 260 g/mol. The van der Waals surface area contributed by atoms with Gasteiger partial charge in [0, 0.05) is 12.0 Å². The maximum atomic E-state index is 5.88. The maximum Gasteiger partial charge on any atom is 0.194 e. The normalized spacial score (nSPS) is 11.3. The first kappa shape index (κ1) is 15.8. The fraction of sp³-hybridized carbons (Fsp3) is 0.500. The number of hydrogen-bond acceptors (Lipinski definition) is 3. The molecule has 3 nitrogen and oxygen atoms in total. The standard InChI is InChI=1S/C18H26N2O/c1-13(2)11-19-9-5-6-18-20-12-17(21-18)16-8-7-14(3)10-15(16)4/h7-8,10,12-13,19H,5-6,9,11H2,1-4H3. The number of nitrogens with one attached hydrogen (secondary N) is 1. The summed E-state index contributed by atoms with van der Waals surface area (Å²) in [5, 5.41) is 3.44. The molecule has 21 heavy (non-hydrogen) atoms. The van der Waals surface area contributed by atoms with E-state index in [0.29, 0.717) is 5.92 Å². The molecule has 0 aliphatic heterocycles. The van der Waals surface area contributed by atoms with Gasteiger partial charge in [0.05, 0.1) is 6.20 Å². The highest BCUT2D eigenvalue weighted by atomic mass is 16.4.